The second-order valence-corrected chi connectivity index (χ2v) is 5.63. The summed E-state index contributed by atoms with van der Waals surface area (Å²) in [5.74, 6) is 0.271. The van der Waals surface area contributed by atoms with Crippen LogP contribution in [0.4, 0.5) is 0 Å². The Labute approximate surface area is 124 Å². The topological polar surface area (TPSA) is 46.1 Å². The molecular formula is C17H19N3O. The second kappa shape index (κ2) is 6.04. The van der Waals surface area contributed by atoms with Gasteiger partial charge in [-0.1, -0.05) is 30.3 Å². The fourth-order valence-electron chi connectivity index (χ4n) is 3.02. The van der Waals surface area contributed by atoms with Gasteiger partial charge in [0, 0.05) is 37.3 Å². The number of carbonyl (C=O) groups is 1. The van der Waals surface area contributed by atoms with Gasteiger partial charge in [0.1, 0.15) is 6.33 Å². The predicted molar refractivity (Wildman–Crippen MR) is 80.5 cm³/mol. The third-order valence-corrected chi connectivity index (χ3v) is 4.21. The number of benzene rings is 1. The number of likely N-dealkylation sites (tertiary alicyclic amines) is 1. The molecule has 0 bridgehead atoms. The first-order chi connectivity index (χ1) is 10.2. The van der Waals surface area contributed by atoms with Gasteiger partial charge in [0.15, 0.2) is 0 Å². The first kappa shape index (κ1) is 13.7. The van der Waals surface area contributed by atoms with Gasteiger partial charge in [-0.3, -0.25) is 4.79 Å². The van der Waals surface area contributed by atoms with E-state index in [1.54, 1.807) is 12.5 Å². The molecule has 0 radical (unpaired) electrons. The standard InChI is InChI=1S/C17H19N3O/c1-20-16(9-13-5-3-2-4-6-13)11-14(17(20)21)10-15-7-8-18-12-19-15/h2-8,12,14,16H,9-11H2,1H3/t14?,16-/m0/s1. The minimum absolute atomic E-state index is 0.0404. The highest BCUT2D eigenvalue weighted by molar-refractivity contribution is 5.81. The van der Waals surface area contributed by atoms with Crippen LogP contribution in [-0.4, -0.2) is 33.9 Å². The van der Waals surface area contributed by atoms with Gasteiger partial charge in [0.05, 0.1) is 0 Å². The molecule has 1 aliphatic rings. The van der Waals surface area contributed by atoms with Crippen LogP contribution in [-0.2, 0) is 17.6 Å². The number of likely N-dealkylation sites (N-methyl/N-ethyl adjacent to an activating group) is 1. The van der Waals surface area contributed by atoms with E-state index < -0.39 is 0 Å². The Hall–Kier alpha value is -2.23. The van der Waals surface area contributed by atoms with E-state index in [1.807, 2.05) is 36.2 Å². The average molecular weight is 281 g/mol. The molecular weight excluding hydrogens is 262 g/mol. The number of hydrogen-bond donors (Lipinski definition) is 0. The Balaban J connectivity index is 1.67. The molecule has 2 heterocycles. The summed E-state index contributed by atoms with van der Waals surface area (Å²) < 4.78 is 0. The summed E-state index contributed by atoms with van der Waals surface area (Å²) in [5.41, 5.74) is 2.22. The SMILES string of the molecule is CN1C(=O)C(Cc2ccncn2)C[C@@H]1Cc1ccccc1. The Bertz CT molecular complexity index is 600. The lowest BCUT2D eigenvalue weighted by Crippen LogP contribution is -2.31. The zero-order valence-electron chi connectivity index (χ0n) is 12.1. The zero-order chi connectivity index (χ0) is 14.7. The maximum Gasteiger partial charge on any atom is 0.226 e. The van der Waals surface area contributed by atoms with Crippen LogP contribution in [0.5, 0.6) is 0 Å². The van der Waals surface area contributed by atoms with Crippen molar-refractivity contribution in [2.45, 2.75) is 25.3 Å². The number of aromatic nitrogens is 2. The zero-order valence-corrected chi connectivity index (χ0v) is 12.1. The number of nitrogens with zero attached hydrogens (tertiary/aromatic N) is 3. The van der Waals surface area contributed by atoms with Crippen LogP contribution in [0.3, 0.4) is 0 Å². The normalized spacial score (nSPS) is 21.8. The lowest BCUT2D eigenvalue weighted by molar-refractivity contribution is -0.130. The first-order valence-electron chi connectivity index (χ1n) is 7.29. The van der Waals surface area contributed by atoms with Crippen molar-refractivity contribution in [2.24, 2.45) is 5.92 Å². The van der Waals surface area contributed by atoms with E-state index >= 15 is 0 Å². The van der Waals surface area contributed by atoms with Crippen molar-refractivity contribution in [2.75, 3.05) is 7.05 Å². The van der Waals surface area contributed by atoms with Gasteiger partial charge < -0.3 is 4.90 Å². The Morgan fingerprint density at radius 2 is 2.00 bits per heavy atom. The van der Waals surface area contributed by atoms with Crippen molar-refractivity contribution in [3.05, 3.63) is 60.2 Å². The molecule has 1 saturated heterocycles. The van der Waals surface area contributed by atoms with E-state index in [2.05, 4.69) is 22.1 Å². The van der Waals surface area contributed by atoms with Gasteiger partial charge in [0.25, 0.3) is 0 Å². The van der Waals surface area contributed by atoms with Gasteiger partial charge in [-0.25, -0.2) is 9.97 Å². The van der Waals surface area contributed by atoms with Gasteiger partial charge in [-0.2, -0.15) is 0 Å². The Morgan fingerprint density at radius 1 is 1.19 bits per heavy atom. The minimum Gasteiger partial charge on any atom is -0.342 e. The fourth-order valence-corrected chi connectivity index (χ4v) is 3.02. The van der Waals surface area contributed by atoms with Crippen LogP contribution >= 0.6 is 0 Å². The van der Waals surface area contributed by atoms with E-state index in [0.717, 1.165) is 18.5 Å². The molecule has 1 aromatic carbocycles. The molecule has 108 valence electrons. The summed E-state index contributed by atoms with van der Waals surface area (Å²) in [4.78, 5) is 22.4. The molecule has 0 saturated carbocycles. The third kappa shape index (κ3) is 3.10. The van der Waals surface area contributed by atoms with Crippen molar-refractivity contribution < 1.29 is 4.79 Å². The van der Waals surface area contributed by atoms with E-state index in [9.17, 15) is 4.79 Å². The van der Waals surface area contributed by atoms with Gasteiger partial charge in [-0.15, -0.1) is 0 Å². The molecule has 4 nitrogen and oxygen atoms in total. The molecule has 21 heavy (non-hydrogen) atoms. The van der Waals surface area contributed by atoms with Crippen molar-refractivity contribution >= 4 is 5.91 Å². The Morgan fingerprint density at radius 3 is 2.71 bits per heavy atom. The molecule has 0 spiro atoms. The van der Waals surface area contributed by atoms with Crippen LogP contribution in [0.15, 0.2) is 48.9 Å². The molecule has 2 aromatic rings. The molecule has 0 N–H and O–H groups in total. The summed E-state index contributed by atoms with van der Waals surface area (Å²) in [6.45, 7) is 0. The van der Waals surface area contributed by atoms with Gasteiger partial charge >= 0.3 is 0 Å². The van der Waals surface area contributed by atoms with Crippen LogP contribution in [0.25, 0.3) is 0 Å². The molecule has 0 aliphatic carbocycles. The van der Waals surface area contributed by atoms with Crippen LogP contribution in [0.2, 0.25) is 0 Å². The quantitative estimate of drug-likeness (QED) is 0.862. The molecule has 1 fully saturated rings. The van der Waals surface area contributed by atoms with Crippen molar-refractivity contribution in [1.29, 1.82) is 0 Å². The van der Waals surface area contributed by atoms with E-state index in [4.69, 9.17) is 0 Å². The monoisotopic (exact) mass is 281 g/mol. The Kier molecular flexibility index (Phi) is 3.95. The lowest BCUT2D eigenvalue weighted by atomic mass is 9.96. The highest BCUT2D eigenvalue weighted by atomic mass is 16.2. The number of rotatable bonds is 4. The maximum absolute atomic E-state index is 12.4. The minimum atomic E-state index is 0.0404. The molecule has 1 aromatic heterocycles. The molecule has 4 heteroatoms. The highest BCUT2D eigenvalue weighted by Crippen LogP contribution is 2.28. The third-order valence-electron chi connectivity index (χ3n) is 4.21. The first-order valence-corrected chi connectivity index (χ1v) is 7.29. The van der Waals surface area contributed by atoms with Crippen LogP contribution in [0, 0.1) is 5.92 Å². The summed E-state index contributed by atoms with van der Waals surface area (Å²) >= 11 is 0. The summed E-state index contributed by atoms with van der Waals surface area (Å²) in [5, 5.41) is 0. The molecule has 3 rings (SSSR count). The molecule has 2 atom stereocenters. The molecule has 1 aliphatic heterocycles. The molecule has 1 amide bonds. The summed E-state index contributed by atoms with van der Waals surface area (Å²) in [6.07, 6.45) is 5.79. The fraction of sp³-hybridized carbons (Fsp3) is 0.353. The van der Waals surface area contributed by atoms with E-state index in [0.29, 0.717) is 6.42 Å². The predicted octanol–water partition coefficient (Wildman–Crippen LogP) is 2.11. The number of amides is 1. The number of carbonyl (C=O) groups excluding carboxylic acids is 1. The van der Waals surface area contributed by atoms with Crippen molar-refractivity contribution in [3.8, 4) is 0 Å². The van der Waals surface area contributed by atoms with Crippen molar-refractivity contribution in [1.82, 2.24) is 14.9 Å². The maximum atomic E-state index is 12.4. The van der Waals surface area contributed by atoms with Crippen LogP contribution < -0.4 is 0 Å². The van der Waals surface area contributed by atoms with E-state index in [1.165, 1.54) is 5.56 Å². The highest BCUT2D eigenvalue weighted by Gasteiger charge is 2.37. The largest absolute Gasteiger partial charge is 0.342 e. The van der Waals surface area contributed by atoms with Gasteiger partial charge in [0.2, 0.25) is 5.91 Å². The smallest absolute Gasteiger partial charge is 0.226 e. The summed E-state index contributed by atoms with van der Waals surface area (Å²) in [6, 6.07) is 12.5. The van der Waals surface area contributed by atoms with Crippen molar-refractivity contribution in [3.63, 3.8) is 0 Å². The molecule has 1 unspecified atom stereocenters. The lowest BCUT2D eigenvalue weighted by Gasteiger charge is -2.19. The van der Waals surface area contributed by atoms with Gasteiger partial charge in [-0.05, 0) is 24.5 Å². The number of hydrogen-bond acceptors (Lipinski definition) is 3. The van der Waals surface area contributed by atoms with E-state index in [-0.39, 0.29) is 17.9 Å². The average Bonchev–Trinajstić information content (AvgIpc) is 2.78. The van der Waals surface area contributed by atoms with Crippen LogP contribution in [0.1, 0.15) is 17.7 Å². The summed E-state index contributed by atoms with van der Waals surface area (Å²) in [7, 11) is 1.91. The second-order valence-electron chi connectivity index (χ2n) is 5.63.